The van der Waals surface area contributed by atoms with Crippen molar-refractivity contribution in [2.75, 3.05) is 0 Å². The molecule has 0 aromatic heterocycles. The van der Waals surface area contributed by atoms with Crippen molar-refractivity contribution in [3.8, 4) is 0 Å². The number of halogens is 1. The fraction of sp³-hybridized carbons (Fsp3) is 0. The van der Waals surface area contributed by atoms with Crippen LogP contribution >= 0.6 is 0 Å². The van der Waals surface area contributed by atoms with Gasteiger partial charge < -0.3 is 0 Å². The van der Waals surface area contributed by atoms with Gasteiger partial charge in [-0.05, 0) is 0 Å². The molecule has 0 saturated carbocycles. The summed E-state index contributed by atoms with van der Waals surface area (Å²) in [7, 11) is 4.25. The zero-order chi connectivity index (χ0) is 2.00. The Kier molecular flexibility index (Phi) is 473. The van der Waals surface area contributed by atoms with E-state index in [1.165, 1.54) is 0 Å². The average molecular weight is 326 g/mol. The SMILES string of the molecule is [Ag].[Al].[C]F.[La].[Li].[N]. The van der Waals surface area contributed by atoms with Crippen LogP contribution in [0.2, 0.25) is 0 Å². The van der Waals surface area contributed by atoms with Gasteiger partial charge in [-0.3, -0.25) is 0 Å². The summed E-state index contributed by atoms with van der Waals surface area (Å²) in [4.78, 5) is 0. The van der Waals surface area contributed by atoms with Gasteiger partial charge in [-0.2, -0.15) is 0 Å². The third kappa shape index (κ3) is 49.6. The molecule has 0 aromatic rings. The number of rotatable bonds is 0. The van der Waals surface area contributed by atoms with Crippen molar-refractivity contribution in [1.29, 1.82) is 0 Å². The molecule has 0 rings (SSSR count). The van der Waals surface area contributed by atoms with Gasteiger partial charge in [0.25, 0.3) is 0 Å². The number of hydrogen-bond donors (Lipinski definition) is 0. The fourth-order valence-electron chi connectivity index (χ4n) is 0. The monoisotopic (exact) mass is 325 g/mol. The van der Waals surface area contributed by atoms with Crippen LogP contribution in [-0.2, 0) is 22.4 Å². The van der Waals surface area contributed by atoms with Crippen LogP contribution in [0.15, 0.2) is 0 Å². The van der Waals surface area contributed by atoms with E-state index in [-0.39, 0.29) is 100 Å². The van der Waals surface area contributed by atoms with Gasteiger partial charge in [0.1, 0.15) is 0 Å². The summed E-state index contributed by atoms with van der Waals surface area (Å²) in [6.07, 6.45) is 0. The first kappa shape index (κ1) is 51.0. The summed E-state index contributed by atoms with van der Waals surface area (Å²) in [5, 5.41) is 0. The summed E-state index contributed by atoms with van der Waals surface area (Å²) in [6, 6.07) is 0. The van der Waals surface area contributed by atoms with E-state index in [0.717, 1.165) is 0 Å². The van der Waals surface area contributed by atoms with Gasteiger partial charge in [0.05, 0.1) is 0 Å². The van der Waals surface area contributed by atoms with Crippen molar-refractivity contribution in [2.45, 2.75) is 0 Å². The fourth-order valence-corrected chi connectivity index (χ4v) is 0. The maximum Gasteiger partial charge on any atom is 0.232 e. The number of hydrogen-bond acceptors (Lipinski definition) is 0. The quantitative estimate of drug-likeness (QED) is 0.525. The molecule has 0 saturated heterocycles. The van der Waals surface area contributed by atoms with Crippen LogP contribution in [0, 0.1) is 42.8 Å². The average Bonchev–Trinajstić information content (AvgIpc) is 1.00. The molecule has 0 aromatic carbocycles. The van der Waals surface area contributed by atoms with Gasteiger partial charge >= 0.3 is 0 Å². The Bertz CT molecular complexity index is 19.7. The van der Waals surface area contributed by atoms with Crippen LogP contribution in [0.1, 0.15) is 0 Å². The Morgan fingerprint density at radius 3 is 1.14 bits per heavy atom. The minimum absolute atomic E-state index is 0. The molecule has 0 fully saturated rings. The second kappa shape index (κ2) is 64.9. The van der Waals surface area contributed by atoms with Crippen LogP contribution in [0.25, 0.3) is 0 Å². The Hall–Kier alpha value is 2.95. The van der Waals surface area contributed by atoms with E-state index in [2.05, 4.69) is 7.18 Å². The van der Waals surface area contributed by atoms with Gasteiger partial charge in [-0.1, -0.05) is 0 Å². The van der Waals surface area contributed by atoms with Crippen LogP contribution in [0.4, 0.5) is 4.39 Å². The van der Waals surface area contributed by atoms with Crippen molar-refractivity contribution in [3.05, 3.63) is 7.18 Å². The normalized spacial score (nSPS) is 0.857. The molecule has 0 N–H and O–H groups in total. The molecular formula is CAgAlFLaLiN. The van der Waals surface area contributed by atoms with Gasteiger partial charge in [0.15, 0.2) is 0 Å². The van der Waals surface area contributed by atoms with E-state index in [1.807, 2.05) is 0 Å². The first-order valence-corrected chi connectivity index (χ1v) is 0.189. The molecule has 0 aliphatic carbocycles. The first-order chi connectivity index (χ1) is 1.00. The van der Waals surface area contributed by atoms with Gasteiger partial charge in [0, 0.05) is 100 Å². The molecule has 0 atom stereocenters. The summed E-state index contributed by atoms with van der Waals surface area (Å²) in [5.41, 5.74) is 0. The van der Waals surface area contributed by atoms with Crippen LogP contribution < -0.4 is 6.15 Å². The zero-order valence-electron chi connectivity index (χ0n) is 3.78. The second-order valence-corrected chi connectivity index (χ2v) is 0. The van der Waals surface area contributed by atoms with Crippen LogP contribution in [-0.4, -0.2) is 36.2 Å². The second-order valence-electron chi connectivity index (χ2n) is 0. The van der Waals surface area contributed by atoms with E-state index >= 15 is 0 Å². The van der Waals surface area contributed by atoms with Crippen molar-refractivity contribution in [3.63, 3.8) is 0 Å². The van der Waals surface area contributed by atoms with Crippen molar-refractivity contribution in [2.24, 2.45) is 0 Å². The van der Waals surface area contributed by atoms with Crippen molar-refractivity contribution in [1.82, 2.24) is 6.15 Å². The Labute approximate surface area is 110 Å². The molecule has 0 aliphatic rings. The smallest absolute Gasteiger partial charge is 0.232 e. The Morgan fingerprint density at radius 2 is 1.14 bits per heavy atom. The number of nitrogens with zero attached hydrogens (tertiary/aromatic N) is 1. The molecule has 0 heterocycles. The molecular weight excluding hydrogens is 326 g/mol. The van der Waals surface area contributed by atoms with E-state index in [4.69, 9.17) is 4.39 Å². The zero-order valence-corrected chi connectivity index (χ0v) is 10.0. The third-order valence-electron chi connectivity index (χ3n) is 0. The van der Waals surface area contributed by atoms with Crippen LogP contribution in [0.5, 0.6) is 0 Å². The van der Waals surface area contributed by atoms with Gasteiger partial charge in [0.2, 0.25) is 7.18 Å². The third-order valence-corrected chi connectivity index (χ3v) is 0. The van der Waals surface area contributed by atoms with E-state index in [1.54, 1.807) is 0 Å². The first-order valence-electron chi connectivity index (χ1n) is 0.189. The summed E-state index contributed by atoms with van der Waals surface area (Å²) in [5.74, 6) is 0. The molecule has 1 nitrogen and oxygen atoms in total. The van der Waals surface area contributed by atoms with E-state index < -0.39 is 0 Å². The van der Waals surface area contributed by atoms with Gasteiger partial charge in [-0.25, -0.2) is 4.39 Å². The predicted molar refractivity (Wildman–Crippen MR) is 18.0 cm³/mol. The molecule has 7 heavy (non-hydrogen) atoms. The molecule has 0 aliphatic heterocycles. The summed E-state index contributed by atoms with van der Waals surface area (Å²) in [6.45, 7) is 0. The predicted octanol–water partition coefficient (Wildman–Crippen LogP) is -0.743. The van der Waals surface area contributed by atoms with E-state index in [9.17, 15) is 0 Å². The Balaban J connectivity index is -0.000000000500. The molecule has 0 unspecified atom stereocenters. The van der Waals surface area contributed by atoms with Crippen molar-refractivity contribution >= 4 is 36.2 Å². The minimum Gasteiger partial charge on any atom is -0.232 e. The molecule has 34 valence electrons. The molecule has 12 radical (unpaired) electrons. The molecule has 0 bridgehead atoms. The molecule has 0 spiro atoms. The van der Waals surface area contributed by atoms with Crippen molar-refractivity contribution < 1.29 is 62.4 Å². The minimum atomic E-state index is 0. The van der Waals surface area contributed by atoms with Gasteiger partial charge in [-0.15, -0.1) is 0 Å². The van der Waals surface area contributed by atoms with E-state index in [0.29, 0.717) is 0 Å². The topological polar surface area (TPSA) is 30.5 Å². The maximum absolute atomic E-state index is 8.75. The maximum atomic E-state index is 8.75. The summed E-state index contributed by atoms with van der Waals surface area (Å²) < 4.78 is 8.75. The molecule has 6 heteroatoms. The standard InChI is InChI=1S/CF.Ag.Al.La.Li.N/c1-2;;;;;. The summed E-state index contributed by atoms with van der Waals surface area (Å²) >= 11 is 0. The largest absolute Gasteiger partial charge is 0.232 e. The molecule has 0 amide bonds. The Morgan fingerprint density at radius 1 is 1.14 bits per heavy atom. The van der Waals surface area contributed by atoms with Crippen LogP contribution in [0.3, 0.4) is 0 Å².